The molecule has 0 aliphatic heterocycles. The Kier molecular flexibility index (Phi) is 4.18. The standard InChI is InChI=1S/C16H23NO/c1-12-8-13(2)10-14(9-12)11-17(3)15-4-6-16(18)7-5-15/h8-10,15H,4-7,11H2,1-3H3. The van der Waals surface area contributed by atoms with Crippen molar-refractivity contribution >= 4 is 5.78 Å². The quantitative estimate of drug-likeness (QED) is 0.814. The average Bonchev–Trinajstić information content (AvgIpc) is 2.28. The van der Waals surface area contributed by atoms with Gasteiger partial charge in [-0.2, -0.15) is 0 Å². The lowest BCUT2D eigenvalue weighted by Gasteiger charge is -2.30. The van der Waals surface area contributed by atoms with Crippen molar-refractivity contribution in [2.24, 2.45) is 0 Å². The molecule has 0 saturated heterocycles. The molecule has 1 aromatic carbocycles. The van der Waals surface area contributed by atoms with Crippen LogP contribution in [0.25, 0.3) is 0 Å². The van der Waals surface area contributed by atoms with Gasteiger partial charge in [-0.3, -0.25) is 9.69 Å². The molecule has 0 bridgehead atoms. The van der Waals surface area contributed by atoms with Gasteiger partial charge in [0.1, 0.15) is 5.78 Å². The minimum atomic E-state index is 0.436. The monoisotopic (exact) mass is 245 g/mol. The number of ketones is 1. The first-order chi connectivity index (χ1) is 8.54. The molecule has 0 heterocycles. The first-order valence-corrected chi connectivity index (χ1v) is 6.83. The van der Waals surface area contributed by atoms with Crippen LogP contribution in [0, 0.1) is 13.8 Å². The number of carbonyl (C=O) groups excluding carboxylic acids is 1. The zero-order valence-electron chi connectivity index (χ0n) is 11.7. The molecule has 0 unspecified atom stereocenters. The maximum absolute atomic E-state index is 11.3. The summed E-state index contributed by atoms with van der Waals surface area (Å²) >= 11 is 0. The summed E-state index contributed by atoms with van der Waals surface area (Å²) in [4.78, 5) is 13.7. The molecule has 1 fully saturated rings. The van der Waals surface area contributed by atoms with E-state index in [2.05, 4.69) is 44.0 Å². The Morgan fingerprint density at radius 3 is 2.22 bits per heavy atom. The Bertz CT molecular complexity index is 408. The molecule has 0 N–H and O–H groups in total. The number of Topliss-reactive ketones (excluding diaryl/α,β-unsaturated/α-hetero) is 1. The fourth-order valence-electron chi connectivity index (χ4n) is 2.94. The number of hydrogen-bond acceptors (Lipinski definition) is 2. The SMILES string of the molecule is Cc1cc(C)cc(CN(C)C2CCC(=O)CC2)c1. The highest BCUT2D eigenvalue weighted by atomic mass is 16.1. The highest BCUT2D eigenvalue weighted by Crippen LogP contribution is 2.21. The van der Waals surface area contributed by atoms with E-state index in [-0.39, 0.29) is 0 Å². The summed E-state index contributed by atoms with van der Waals surface area (Å²) in [5.74, 6) is 0.436. The molecule has 1 aliphatic rings. The van der Waals surface area contributed by atoms with Crippen molar-refractivity contribution in [2.45, 2.75) is 52.1 Å². The van der Waals surface area contributed by atoms with Crippen LogP contribution in [0.15, 0.2) is 18.2 Å². The van der Waals surface area contributed by atoms with Crippen molar-refractivity contribution in [3.05, 3.63) is 34.9 Å². The lowest BCUT2D eigenvalue weighted by molar-refractivity contribution is -0.121. The minimum absolute atomic E-state index is 0.436. The van der Waals surface area contributed by atoms with Crippen molar-refractivity contribution in [3.63, 3.8) is 0 Å². The van der Waals surface area contributed by atoms with Gasteiger partial charge in [-0.05, 0) is 39.3 Å². The van der Waals surface area contributed by atoms with E-state index < -0.39 is 0 Å². The Hall–Kier alpha value is -1.15. The Balaban J connectivity index is 1.98. The highest BCUT2D eigenvalue weighted by molar-refractivity contribution is 5.79. The largest absolute Gasteiger partial charge is 0.300 e. The van der Waals surface area contributed by atoms with Crippen molar-refractivity contribution in [1.29, 1.82) is 0 Å². The maximum atomic E-state index is 11.3. The molecule has 2 heteroatoms. The Morgan fingerprint density at radius 2 is 1.67 bits per heavy atom. The normalized spacial score (nSPS) is 17.4. The van der Waals surface area contributed by atoms with E-state index in [1.807, 2.05) is 0 Å². The van der Waals surface area contributed by atoms with Crippen molar-refractivity contribution < 1.29 is 4.79 Å². The molecule has 0 spiro atoms. The summed E-state index contributed by atoms with van der Waals surface area (Å²) in [5, 5.41) is 0. The van der Waals surface area contributed by atoms with E-state index >= 15 is 0 Å². The summed E-state index contributed by atoms with van der Waals surface area (Å²) in [5.41, 5.74) is 4.04. The van der Waals surface area contributed by atoms with Crippen LogP contribution in [0.3, 0.4) is 0 Å². The molecule has 2 rings (SSSR count). The van der Waals surface area contributed by atoms with Gasteiger partial charge in [0.25, 0.3) is 0 Å². The van der Waals surface area contributed by atoms with Gasteiger partial charge in [0.2, 0.25) is 0 Å². The lowest BCUT2D eigenvalue weighted by Crippen LogP contribution is -2.34. The van der Waals surface area contributed by atoms with E-state index in [1.165, 1.54) is 16.7 Å². The van der Waals surface area contributed by atoms with E-state index in [9.17, 15) is 4.79 Å². The molecular formula is C16H23NO. The smallest absolute Gasteiger partial charge is 0.133 e. The fraction of sp³-hybridized carbons (Fsp3) is 0.562. The summed E-state index contributed by atoms with van der Waals surface area (Å²) in [6.07, 6.45) is 3.59. The molecule has 1 aromatic rings. The number of rotatable bonds is 3. The van der Waals surface area contributed by atoms with Gasteiger partial charge in [-0.15, -0.1) is 0 Å². The summed E-state index contributed by atoms with van der Waals surface area (Å²) in [7, 11) is 2.18. The summed E-state index contributed by atoms with van der Waals surface area (Å²) < 4.78 is 0. The first-order valence-electron chi connectivity index (χ1n) is 6.83. The average molecular weight is 245 g/mol. The van der Waals surface area contributed by atoms with Gasteiger partial charge >= 0.3 is 0 Å². The first kappa shape index (κ1) is 13.3. The molecule has 1 aliphatic carbocycles. The van der Waals surface area contributed by atoms with Gasteiger partial charge in [0.15, 0.2) is 0 Å². The Labute approximate surface area is 110 Å². The predicted octanol–water partition coefficient (Wildman–Crippen LogP) is 3.25. The van der Waals surface area contributed by atoms with E-state index in [0.29, 0.717) is 11.8 Å². The predicted molar refractivity (Wildman–Crippen MR) is 74.6 cm³/mol. The third kappa shape index (κ3) is 3.42. The van der Waals surface area contributed by atoms with E-state index in [4.69, 9.17) is 0 Å². The number of aryl methyl sites for hydroxylation is 2. The van der Waals surface area contributed by atoms with Gasteiger partial charge < -0.3 is 0 Å². The third-order valence-electron chi connectivity index (χ3n) is 3.85. The van der Waals surface area contributed by atoms with E-state index in [1.54, 1.807) is 0 Å². The van der Waals surface area contributed by atoms with Crippen LogP contribution in [0.1, 0.15) is 42.4 Å². The second kappa shape index (κ2) is 5.66. The zero-order chi connectivity index (χ0) is 13.1. The maximum Gasteiger partial charge on any atom is 0.133 e. The van der Waals surface area contributed by atoms with Crippen LogP contribution in [0.5, 0.6) is 0 Å². The van der Waals surface area contributed by atoms with Crippen LogP contribution in [-0.4, -0.2) is 23.8 Å². The Morgan fingerprint density at radius 1 is 1.11 bits per heavy atom. The van der Waals surface area contributed by atoms with Gasteiger partial charge in [-0.25, -0.2) is 0 Å². The molecule has 18 heavy (non-hydrogen) atoms. The zero-order valence-corrected chi connectivity index (χ0v) is 11.7. The third-order valence-corrected chi connectivity index (χ3v) is 3.85. The number of hydrogen-bond donors (Lipinski definition) is 0. The minimum Gasteiger partial charge on any atom is -0.300 e. The second-order valence-corrected chi connectivity index (χ2v) is 5.68. The van der Waals surface area contributed by atoms with Gasteiger partial charge in [0, 0.05) is 25.4 Å². The molecular weight excluding hydrogens is 222 g/mol. The fourth-order valence-corrected chi connectivity index (χ4v) is 2.94. The topological polar surface area (TPSA) is 20.3 Å². The molecule has 0 aromatic heterocycles. The van der Waals surface area contributed by atoms with Crippen molar-refractivity contribution in [3.8, 4) is 0 Å². The van der Waals surface area contributed by atoms with Crippen molar-refractivity contribution in [1.82, 2.24) is 4.90 Å². The van der Waals surface area contributed by atoms with Crippen LogP contribution in [-0.2, 0) is 11.3 Å². The summed E-state index contributed by atoms with van der Waals surface area (Å²) in [6.45, 7) is 5.28. The molecule has 98 valence electrons. The van der Waals surface area contributed by atoms with Gasteiger partial charge in [-0.1, -0.05) is 29.3 Å². The van der Waals surface area contributed by atoms with Crippen LogP contribution in [0.2, 0.25) is 0 Å². The molecule has 1 saturated carbocycles. The highest BCUT2D eigenvalue weighted by Gasteiger charge is 2.22. The number of carbonyl (C=O) groups is 1. The molecule has 0 amide bonds. The number of benzene rings is 1. The molecule has 2 nitrogen and oxygen atoms in total. The van der Waals surface area contributed by atoms with Crippen LogP contribution >= 0.6 is 0 Å². The van der Waals surface area contributed by atoms with Crippen LogP contribution in [0.4, 0.5) is 0 Å². The van der Waals surface area contributed by atoms with Gasteiger partial charge in [0.05, 0.1) is 0 Å². The lowest BCUT2D eigenvalue weighted by atomic mass is 9.93. The number of nitrogens with zero attached hydrogens (tertiary/aromatic N) is 1. The molecule has 0 radical (unpaired) electrons. The second-order valence-electron chi connectivity index (χ2n) is 5.68. The van der Waals surface area contributed by atoms with Crippen LogP contribution < -0.4 is 0 Å². The van der Waals surface area contributed by atoms with Crippen molar-refractivity contribution in [2.75, 3.05) is 7.05 Å². The van der Waals surface area contributed by atoms with E-state index in [0.717, 1.165) is 32.2 Å². The summed E-state index contributed by atoms with van der Waals surface area (Å²) in [6, 6.07) is 7.31. The molecule has 0 atom stereocenters.